The van der Waals surface area contributed by atoms with Crippen LogP contribution in [0.2, 0.25) is 0 Å². The minimum atomic E-state index is 0.329. The smallest absolute Gasteiger partial charge is 0.140 e. The van der Waals surface area contributed by atoms with Gasteiger partial charge >= 0.3 is 0 Å². The molecule has 0 aliphatic heterocycles. The Kier molecular flexibility index (Phi) is 4.21. The summed E-state index contributed by atoms with van der Waals surface area (Å²) >= 11 is 0. The summed E-state index contributed by atoms with van der Waals surface area (Å²) in [5, 5.41) is 0. The fraction of sp³-hybridized carbons (Fsp3) is 0.588. The summed E-state index contributed by atoms with van der Waals surface area (Å²) in [6, 6.07) is 6.46. The Morgan fingerprint density at radius 1 is 1.17 bits per heavy atom. The molecule has 2 unspecified atom stereocenters. The van der Waals surface area contributed by atoms with Crippen molar-refractivity contribution < 1.29 is 4.79 Å². The first kappa shape index (κ1) is 13.3. The standard InChI is InChI=1S/C17H24O/c1-4-14-5-6-16(10-14)17(18)11-15-8-12(2)7-13(3)9-15/h7-9,14,16H,4-6,10-11H2,1-3H3. The van der Waals surface area contributed by atoms with Crippen LogP contribution in [0.25, 0.3) is 0 Å². The molecule has 0 radical (unpaired) electrons. The molecule has 0 heterocycles. The van der Waals surface area contributed by atoms with Gasteiger partial charge in [-0.05, 0) is 44.6 Å². The first-order valence-corrected chi connectivity index (χ1v) is 7.18. The van der Waals surface area contributed by atoms with Crippen LogP contribution in [0.15, 0.2) is 18.2 Å². The molecule has 1 aromatic rings. The number of ketones is 1. The minimum absolute atomic E-state index is 0.329. The minimum Gasteiger partial charge on any atom is -0.299 e. The van der Waals surface area contributed by atoms with Crippen LogP contribution in [-0.2, 0) is 11.2 Å². The second-order valence-electron chi connectivity index (χ2n) is 5.92. The molecule has 0 spiro atoms. The molecule has 0 saturated heterocycles. The maximum absolute atomic E-state index is 12.3. The lowest BCUT2D eigenvalue weighted by Crippen LogP contribution is -2.14. The Morgan fingerprint density at radius 2 is 1.83 bits per heavy atom. The zero-order valence-corrected chi connectivity index (χ0v) is 11.8. The lowest BCUT2D eigenvalue weighted by Gasteiger charge is -2.10. The molecular formula is C17H24O. The van der Waals surface area contributed by atoms with Crippen molar-refractivity contribution in [1.82, 2.24) is 0 Å². The van der Waals surface area contributed by atoms with Gasteiger partial charge in [0, 0.05) is 12.3 Å². The van der Waals surface area contributed by atoms with E-state index in [2.05, 4.69) is 39.0 Å². The van der Waals surface area contributed by atoms with E-state index in [-0.39, 0.29) is 0 Å². The maximum atomic E-state index is 12.3. The zero-order valence-electron chi connectivity index (χ0n) is 11.8. The number of rotatable bonds is 4. The number of carbonyl (C=O) groups is 1. The number of hydrogen-bond donors (Lipinski definition) is 0. The molecule has 0 N–H and O–H groups in total. The van der Waals surface area contributed by atoms with E-state index in [1.54, 1.807) is 0 Å². The molecule has 2 rings (SSSR count). The maximum Gasteiger partial charge on any atom is 0.140 e. The van der Waals surface area contributed by atoms with Crippen molar-refractivity contribution in [1.29, 1.82) is 0 Å². The van der Waals surface area contributed by atoms with Crippen LogP contribution in [0.1, 0.15) is 49.3 Å². The van der Waals surface area contributed by atoms with E-state index in [1.165, 1.54) is 29.5 Å². The Hall–Kier alpha value is -1.11. The van der Waals surface area contributed by atoms with Gasteiger partial charge in [-0.2, -0.15) is 0 Å². The third-order valence-electron chi connectivity index (χ3n) is 4.23. The normalized spacial score (nSPS) is 23.3. The second-order valence-corrected chi connectivity index (χ2v) is 5.92. The van der Waals surface area contributed by atoms with Gasteiger partial charge in [0.05, 0.1) is 0 Å². The average molecular weight is 244 g/mol. The number of aryl methyl sites for hydroxylation is 2. The van der Waals surface area contributed by atoms with E-state index < -0.39 is 0 Å². The van der Waals surface area contributed by atoms with Crippen LogP contribution in [0.5, 0.6) is 0 Å². The molecule has 2 atom stereocenters. The molecule has 0 amide bonds. The Labute approximate surface area is 111 Å². The SMILES string of the molecule is CCC1CCC(C(=O)Cc2cc(C)cc(C)c2)C1. The van der Waals surface area contributed by atoms with Crippen molar-refractivity contribution in [2.75, 3.05) is 0 Å². The topological polar surface area (TPSA) is 17.1 Å². The van der Waals surface area contributed by atoms with E-state index in [1.807, 2.05) is 0 Å². The largest absolute Gasteiger partial charge is 0.299 e. The van der Waals surface area contributed by atoms with Gasteiger partial charge in [0.15, 0.2) is 0 Å². The van der Waals surface area contributed by atoms with E-state index in [0.717, 1.165) is 18.8 Å². The van der Waals surface area contributed by atoms with Crippen LogP contribution < -0.4 is 0 Å². The van der Waals surface area contributed by atoms with Gasteiger partial charge in [0.2, 0.25) is 0 Å². The number of carbonyl (C=O) groups excluding carboxylic acids is 1. The predicted molar refractivity (Wildman–Crippen MR) is 75.7 cm³/mol. The zero-order chi connectivity index (χ0) is 13.1. The van der Waals surface area contributed by atoms with Gasteiger partial charge in [0.1, 0.15) is 5.78 Å². The number of Topliss-reactive ketones (excluding diaryl/α,β-unsaturated/α-hetero) is 1. The highest BCUT2D eigenvalue weighted by atomic mass is 16.1. The van der Waals surface area contributed by atoms with E-state index in [0.29, 0.717) is 18.1 Å². The number of hydrogen-bond acceptors (Lipinski definition) is 1. The van der Waals surface area contributed by atoms with Crippen LogP contribution >= 0.6 is 0 Å². The summed E-state index contributed by atoms with van der Waals surface area (Å²) in [6.07, 6.45) is 5.35. The quantitative estimate of drug-likeness (QED) is 0.774. The predicted octanol–water partition coefficient (Wildman–Crippen LogP) is 4.24. The van der Waals surface area contributed by atoms with Gasteiger partial charge in [-0.25, -0.2) is 0 Å². The van der Waals surface area contributed by atoms with Crippen molar-refractivity contribution >= 4 is 5.78 Å². The molecule has 0 bridgehead atoms. The molecule has 1 saturated carbocycles. The van der Waals surface area contributed by atoms with Crippen LogP contribution in [0.3, 0.4) is 0 Å². The summed E-state index contributed by atoms with van der Waals surface area (Å²) in [7, 11) is 0. The highest BCUT2D eigenvalue weighted by Crippen LogP contribution is 2.34. The van der Waals surface area contributed by atoms with Crippen LogP contribution in [0, 0.1) is 25.7 Å². The molecule has 0 aromatic heterocycles. The molecule has 1 fully saturated rings. The highest BCUT2D eigenvalue weighted by molar-refractivity contribution is 5.83. The third kappa shape index (κ3) is 3.22. The fourth-order valence-electron chi connectivity index (χ4n) is 3.25. The Bertz CT molecular complexity index is 413. The lowest BCUT2D eigenvalue weighted by molar-refractivity contribution is -0.122. The molecule has 1 aliphatic carbocycles. The van der Waals surface area contributed by atoms with Crippen molar-refractivity contribution in [2.24, 2.45) is 11.8 Å². The van der Waals surface area contributed by atoms with E-state index in [9.17, 15) is 4.79 Å². The van der Waals surface area contributed by atoms with Gasteiger partial charge in [-0.15, -0.1) is 0 Å². The summed E-state index contributed by atoms with van der Waals surface area (Å²) < 4.78 is 0. The molecule has 18 heavy (non-hydrogen) atoms. The second kappa shape index (κ2) is 5.69. The van der Waals surface area contributed by atoms with Crippen molar-refractivity contribution in [3.8, 4) is 0 Å². The first-order chi connectivity index (χ1) is 8.58. The molecule has 1 aliphatic rings. The van der Waals surface area contributed by atoms with Gasteiger partial charge < -0.3 is 0 Å². The molecule has 1 nitrogen and oxygen atoms in total. The van der Waals surface area contributed by atoms with Gasteiger partial charge in [0.25, 0.3) is 0 Å². The van der Waals surface area contributed by atoms with E-state index in [4.69, 9.17) is 0 Å². The molecule has 1 heteroatoms. The Morgan fingerprint density at radius 3 is 2.39 bits per heavy atom. The van der Waals surface area contributed by atoms with Gasteiger partial charge in [-0.3, -0.25) is 4.79 Å². The monoisotopic (exact) mass is 244 g/mol. The molecule has 98 valence electrons. The van der Waals surface area contributed by atoms with Gasteiger partial charge in [-0.1, -0.05) is 42.7 Å². The van der Waals surface area contributed by atoms with Crippen LogP contribution in [-0.4, -0.2) is 5.78 Å². The lowest BCUT2D eigenvalue weighted by atomic mass is 9.94. The van der Waals surface area contributed by atoms with Crippen molar-refractivity contribution in [3.63, 3.8) is 0 Å². The molecular weight excluding hydrogens is 220 g/mol. The Balaban J connectivity index is 1.99. The van der Waals surface area contributed by atoms with Crippen molar-refractivity contribution in [3.05, 3.63) is 34.9 Å². The summed E-state index contributed by atoms with van der Waals surface area (Å²) in [6.45, 7) is 6.44. The third-order valence-corrected chi connectivity index (χ3v) is 4.23. The number of benzene rings is 1. The van der Waals surface area contributed by atoms with E-state index >= 15 is 0 Å². The summed E-state index contributed by atoms with van der Waals surface area (Å²) in [5.74, 6) is 1.57. The summed E-state index contributed by atoms with van der Waals surface area (Å²) in [4.78, 5) is 12.3. The highest BCUT2D eigenvalue weighted by Gasteiger charge is 2.28. The summed E-state index contributed by atoms with van der Waals surface area (Å²) in [5.41, 5.74) is 3.71. The average Bonchev–Trinajstić information content (AvgIpc) is 2.75. The first-order valence-electron chi connectivity index (χ1n) is 7.18. The molecule has 1 aromatic carbocycles. The fourth-order valence-corrected chi connectivity index (χ4v) is 3.25. The van der Waals surface area contributed by atoms with Crippen molar-refractivity contribution in [2.45, 2.75) is 52.9 Å². The van der Waals surface area contributed by atoms with Crippen LogP contribution in [0.4, 0.5) is 0 Å².